The number of aliphatic hydroxyl groups excluding tert-OH is 1. The molecule has 3 unspecified atom stereocenters. The predicted octanol–water partition coefficient (Wildman–Crippen LogP) is 2.05. The molecule has 1 amide bonds. The molecule has 1 fully saturated rings. The van der Waals surface area contributed by atoms with E-state index in [9.17, 15) is 9.90 Å². The topological polar surface area (TPSA) is 43.8 Å². The Kier molecular flexibility index (Phi) is 5.02. The van der Waals surface area contributed by atoms with Crippen LogP contribution in [0.4, 0.5) is 0 Å². The molecule has 0 aliphatic carbocycles. The van der Waals surface area contributed by atoms with Gasteiger partial charge in [-0.3, -0.25) is 9.69 Å². The summed E-state index contributed by atoms with van der Waals surface area (Å²) in [7, 11) is 0. The van der Waals surface area contributed by atoms with E-state index in [2.05, 4.69) is 29.2 Å². The Morgan fingerprint density at radius 2 is 1.96 bits per heavy atom. The Balaban J connectivity index is 1.64. The standard InChI is InChI=1S/C19H28N2O2/c1-14(19(23)21-10-5-8-17(12-21)15(2)22)20-11-9-16-6-3-4-7-18(16)13-20/h3-4,6-7,14-15,17,22H,5,8-13H2,1-2H3. The van der Waals surface area contributed by atoms with Gasteiger partial charge < -0.3 is 10.0 Å². The molecule has 0 radical (unpaired) electrons. The molecule has 0 saturated carbocycles. The van der Waals surface area contributed by atoms with Crippen LogP contribution in [0.2, 0.25) is 0 Å². The second-order valence-electron chi connectivity index (χ2n) is 7.09. The molecule has 1 N–H and O–H groups in total. The van der Waals surface area contributed by atoms with E-state index in [1.54, 1.807) is 0 Å². The summed E-state index contributed by atoms with van der Waals surface area (Å²) in [6.45, 7) is 7.20. The third-order valence-electron chi connectivity index (χ3n) is 5.52. The molecule has 3 rings (SSSR count). The minimum atomic E-state index is -0.331. The molecular formula is C19H28N2O2. The fraction of sp³-hybridized carbons (Fsp3) is 0.632. The predicted molar refractivity (Wildman–Crippen MR) is 91.0 cm³/mol. The van der Waals surface area contributed by atoms with Crippen molar-refractivity contribution in [3.05, 3.63) is 35.4 Å². The van der Waals surface area contributed by atoms with Gasteiger partial charge in [-0.1, -0.05) is 24.3 Å². The largest absolute Gasteiger partial charge is 0.393 e. The molecule has 2 heterocycles. The molecule has 0 aromatic heterocycles. The van der Waals surface area contributed by atoms with Crippen molar-refractivity contribution in [2.24, 2.45) is 5.92 Å². The highest BCUT2D eigenvalue weighted by Gasteiger charge is 2.32. The number of carbonyl (C=O) groups excluding carboxylic acids is 1. The second kappa shape index (κ2) is 7.02. The van der Waals surface area contributed by atoms with Crippen molar-refractivity contribution in [1.29, 1.82) is 0 Å². The molecular weight excluding hydrogens is 288 g/mol. The Bertz CT molecular complexity index is 558. The van der Waals surface area contributed by atoms with Gasteiger partial charge in [0, 0.05) is 32.1 Å². The van der Waals surface area contributed by atoms with E-state index in [1.807, 2.05) is 18.7 Å². The third kappa shape index (κ3) is 3.59. The molecule has 4 heteroatoms. The van der Waals surface area contributed by atoms with Gasteiger partial charge in [0.05, 0.1) is 12.1 Å². The first-order chi connectivity index (χ1) is 11.1. The molecule has 2 aliphatic heterocycles. The lowest BCUT2D eigenvalue weighted by molar-refractivity contribution is -0.139. The first-order valence-corrected chi connectivity index (χ1v) is 8.84. The number of fused-ring (bicyclic) bond motifs is 1. The Hall–Kier alpha value is -1.39. The summed E-state index contributed by atoms with van der Waals surface area (Å²) in [6, 6.07) is 8.44. The number of nitrogens with zero attached hydrogens (tertiary/aromatic N) is 2. The zero-order valence-corrected chi connectivity index (χ0v) is 14.2. The SMILES string of the molecule is CC(O)C1CCCN(C(=O)C(C)N2CCc3ccccc3C2)C1. The van der Waals surface area contributed by atoms with Gasteiger partial charge in [0.25, 0.3) is 0 Å². The quantitative estimate of drug-likeness (QED) is 0.928. The van der Waals surface area contributed by atoms with Crippen molar-refractivity contribution in [1.82, 2.24) is 9.80 Å². The lowest BCUT2D eigenvalue weighted by Gasteiger charge is -2.39. The van der Waals surface area contributed by atoms with Crippen molar-refractivity contribution >= 4 is 5.91 Å². The third-order valence-corrected chi connectivity index (χ3v) is 5.52. The lowest BCUT2D eigenvalue weighted by atomic mass is 9.93. The number of likely N-dealkylation sites (tertiary alicyclic amines) is 1. The van der Waals surface area contributed by atoms with Crippen LogP contribution < -0.4 is 0 Å². The molecule has 4 nitrogen and oxygen atoms in total. The number of carbonyl (C=O) groups is 1. The summed E-state index contributed by atoms with van der Waals surface area (Å²) < 4.78 is 0. The van der Waals surface area contributed by atoms with Crippen LogP contribution in [-0.2, 0) is 17.8 Å². The summed E-state index contributed by atoms with van der Waals surface area (Å²) in [6.07, 6.45) is 2.70. The highest BCUT2D eigenvalue weighted by atomic mass is 16.3. The van der Waals surface area contributed by atoms with Gasteiger partial charge in [-0.05, 0) is 44.2 Å². The van der Waals surface area contributed by atoms with Gasteiger partial charge in [-0.15, -0.1) is 0 Å². The molecule has 0 spiro atoms. The maximum absolute atomic E-state index is 12.9. The number of rotatable bonds is 3. The van der Waals surface area contributed by atoms with Crippen LogP contribution in [0.25, 0.3) is 0 Å². The highest BCUT2D eigenvalue weighted by Crippen LogP contribution is 2.24. The zero-order valence-electron chi connectivity index (χ0n) is 14.2. The number of amides is 1. The summed E-state index contributed by atoms with van der Waals surface area (Å²) in [5.74, 6) is 0.441. The number of hydrogen-bond donors (Lipinski definition) is 1. The summed E-state index contributed by atoms with van der Waals surface area (Å²) in [4.78, 5) is 17.1. The van der Waals surface area contributed by atoms with Crippen LogP contribution >= 0.6 is 0 Å². The zero-order chi connectivity index (χ0) is 16.4. The average Bonchev–Trinajstić information content (AvgIpc) is 2.60. The first-order valence-electron chi connectivity index (χ1n) is 8.84. The number of benzene rings is 1. The Morgan fingerprint density at radius 1 is 1.22 bits per heavy atom. The summed E-state index contributed by atoms with van der Waals surface area (Å²) in [5, 5.41) is 9.82. The number of piperidine rings is 1. The van der Waals surface area contributed by atoms with Crippen molar-refractivity contribution in [2.45, 2.75) is 51.8 Å². The summed E-state index contributed by atoms with van der Waals surface area (Å²) in [5.41, 5.74) is 2.76. The van der Waals surface area contributed by atoms with Crippen LogP contribution in [0.15, 0.2) is 24.3 Å². The molecule has 1 saturated heterocycles. The number of aliphatic hydroxyl groups is 1. The molecule has 1 aromatic carbocycles. The van der Waals surface area contributed by atoms with Gasteiger partial charge in [-0.2, -0.15) is 0 Å². The number of hydrogen-bond acceptors (Lipinski definition) is 3. The fourth-order valence-electron chi connectivity index (χ4n) is 3.87. The molecule has 1 aromatic rings. The maximum atomic E-state index is 12.9. The lowest BCUT2D eigenvalue weighted by Crippen LogP contribution is -2.52. The van der Waals surface area contributed by atoms with E-state index in [0.717, 1.165) is 38.9 Å². The highest BCUT2D eigenvalue weighted by molar-refractivity contribution is 5.81. The van der Waals surface area contributed by atoms with Crippen molar-refractivity contribution in [2.75, 3.05) is 19.6 Å². The van der Waals surface area contributed by atoms with Gasteiger partial charge >= 0.3 is 0 Å². The van der Waals surface area contributed by atoms with Crippen molar-refractivity contribution < 1.29 is 9.90 Å². The average molecular weight is 316 g/mol. The molecule has 126 valence electrons. The van der Waals surface area contributed by atoms with Crippen LogP contribution in [0.3, 0.4) is 0 Å². The van der Waals surface area contributed by atoms with Crippen LogP contribution in [0.5, 0.6) is 0 Å². The Morgan fingerprint density at radius 3 is 2.70 bits per heavy atom. The molecule has 2 aliphatic rings. The molecule has 3 atom stereocenters. The van der Waals surface area contributed by atoms with Gasteiger partial charge in [-0.25, -0.2) is 0 Å². The van der Waals surface area contributed by atoms with Crippen molar-refractivity contribution in [3.8, 4) is 0 Å². The molecule has 23 heavy (non-hydrogen) atoms. The van der Waals surface area contributed by atoms with Gasteiger partial charge in [0.2, 0.25) is 5.91 Å². The smallest absolute Gasteiger partial charge is 0.239 e. The van der Waals surface area contributed by atoms with E-state index in [0.29, 0.717) is 6.54 Å². The van der Waals surface area contributed by atoms with E-state index < -0.39 is 0 Å². The second-order valence-corrected chi connectivity index (χ2v) is 7.09. The van der Waals surface area contributed by atoms with Gasteiger partial charge in [0.1, 0.15) is 0 Å². The fourth-order valence-corrected chi connectivity index (χ4v) is 3.87. The van der Waals surface area contributed by atoms with Crippen LogP contribution in [0, 0.1) is 5.92 Å². The first kappa shape index (κ1) is 16.5. The molecule has 0 bridgehead atoms. The minimum Gasteiger partial charge on any atom is -0.393 e. The monoisotopic (exact) mass is 316 g/mol. The van der Waals surface area contributed by atoms with Gasteiger partial charge in [0.15, 0.2) is 0 Å². The van der Waals surface area contributed by atoms with E-state index in [-0.39, 0.29) is 24.0 Å². The maximum Gasteiger partial charge on any atom is 0.239 e. The van der Waals surface area contributed by atoms with Crippen molar-refractivity contribution in [3.63, 3.8) is 0 Å². The van der Waals surface area contributed by atoms with E-state index in [4.69, 9.17) is 0 Å². The normalized spacial score (nSPS) is 24.8. The van der Waals surface area contributed by atoms with E-state index in [1.165, 1.54) is 11.1 Å². The summed E-state index contributed by atoms with van der Waals surface area (Å²) >= 11 is 0. The van der Waals surface area contributed by atoms with Crippen LogP contribution in [0.1, 0.15) is 37.8 Å². The minimum absolute atomic E-state index is 0.0869. The van der Waals surface area contributed by atoms with E-state index >= 15 is 0 Å². The van der Waals surface area contributed by atoms with Crippen LogP contribution in [-0.4, -0.2) is 52.6 Å². The Labute approximate surface area is 139 Å².